The Bertz CT molecular complexity index is 941. The molecule has 0 saturated heterocycles. The zero-order valence-electron chi connectivity index (χ0n) is 12.8. The molecule has 1 heterocycles. The molecule has 0 atom stereocenters. The van der Waals surface area contributed by atoms with Crippen LogP contribution in [-0.2, 0) is 5.41 Å². The van der Waals surface area contributed by atoms with E-state index in [1.54, 1.807) is 0 Å². The molecule has 0 unspecified atom stereocenters. The van der Waals surface area contributed by atoms with E-state index in [0.717, 1.165) is 33.8 Å². The summed E-state index contributed by atoms with van der Waals surface area (Å²) in [7, 11) is 0. The van der Waals surface area contributed by atoms with Gasteiger partial charge in [0.1, 0.15) is 5.82 Å². The van der Waals surface area contributed by atoms with E-state index in [9.17, 15) is 0 Å². The van der Waals surface area contributed by atoms with Crippen LogP contribution >= 0.6 is 39.7 Å². The molecule has 0 spiro atoms. The molecule has 1 aromatic heterocycles. The quantitative estimate of drug-likeness (QED) is 0.542. The number of nitrogens with zero attached hydrogens (tertiary/aromatic N) is 2. The van der Waals surface area contributed by atoms with E-state index in [1.807, 2.05) is 41.0 Å². The molecule has 6 heteroatoms. The summed E-state index contributed by atoms with van der Waals surface area (Å²) in [6, 6.07) is 16.2. The number of nitrogens with one attached hydrogen (secondary N) is 1. The highest BCUT2D eigenvalue weighted by molar-refractivity contribution is 9.10. The maximum absolute atomic E-state index is 6.07. The van der Waals surface area contributed by atoms with Crippen LogP contribution < -0.4 is 0 Å². The third-order valence-corrected chi connectivity index (χ3v) is 5.99. The average molecular weight is 421 g/mol. The minimum absolute atomic E-state index is 0.118. The normalized spacial score (nSPS) is 15.9. The second kappa shape index (κ2) is 6.14. The minimum atomic E-state index is -0.118. The van der Waals surface area contributed by atoms with Gasteiger partial charge in [-0.05, 0) is 70.8 Å². The zero-order valence-corrected chi connectivity index (χ0v) is 16.0. The number of hydrogen-bond acceptors (Lipinski definition) is 2. The van der Waals surface area contributed by atoms with Gasteiger partial charge in [0.2, 0.25) is 0 Å². The summed E-state index contributed by atoms with van der Waals surface area (Å²) < 4.78 is 3.65. The van der Waals surface area contributed by atoms with Crippen molar-refractivity contribution in [3.05, 3.63) is 74.2 Å². The molecule has 1 aliphatic carbocycles. The maximum Gasteiger partial charge on any atom is 0.199 e. The number of rotatable bonds is 3. The zero-order chi connectivity index (χ0) is 16.7. The van der Waals surface area contributed by atoms with Crippen LogP contribution in [0, 0.1) is 4.77 Å². The molecule has 0 radical (unpaired) electrons. The number of aromatic amines is 1. The Morgan fingerprint density at radius 1 is 1.12 bits per heavy atom. The monoisotopic (exact) mass is 419 g/mol. The average Bonchev–Trinajstić information content (AvgIpc) is 2.91. The molecule has 0 amide bonds. The number of benzene rings is 2. The first-order chi connectivity index (χ1) is 11.6. The van der Waals surface area contributed by atoms with Gasteiger partial charge >= 0.3 is 0 Å². The highest BCUT2D eigenvalue weighted by Crippen LogP contribution is 2.49. The van der Waals surface area contributed by atoms with E-state index in [4.69, 9.17) is 23.8 Å². The van der Waals surface area contributed by atoms with E-state index < -0.39 is 0 Å². The summed E-state index contributed by atoms with van der Waals surface area (Å²) >= 11 is 15.2. The first kappa shape index (κ1) is 16.1. The minimum Gasteiger partial charge on any atom is -0.270 e. The topological polar surface area (TPSA) is 33.6 Å². The third-order valence-electron chi connectivity index (χ3n) is 4.80. The van der Waals surface area contributed by atoms with Gasteiger partial charge in [0.15, 0.2) is 4.77 Å². The second-order valence-corrected chi connectivity index (χ2v) is 7.76. The summed E-state index contributed by atoms with van der Waals surface area (Å²) in [5.74, 6) is 0.966. The van der Waals surface area contributed by atoms with Crippen molar-refractivity contribution in [3.8, 4) is 5.69 Å². The van der Waals surface area contributed by atoms with Crippen LogP contribution in [0.5, 0.6) is 0 Å². The Morgan fingerprint density at radius 3 is 2.46 bits per heavy atom. The fraction of sp³-hybridized carbons (Fsp3) is 0.222. The molecule has 1 N–H and O–H groups in total. The van der Waals surface area contributed by atoms with E-state index in [1.165, 1.54) is 12.0 Å². The summed E-state index contributed by atoms with van der Waals surface area (Å²) in [4.78, 5) is 0. The number of hydrogen-bond donors (Lipinski definition) is 1. The summed E-state index contributed by atoms with van der Waals surface area (Å²) in [6.45, 7) is 0. The van der Waals surface area contributed by atoms with Gasteiger partial charge in [-0.25, -0.2) is 0 Å². The third kappa shape index (κ3) is 2.46. The van der Waals surface area contributed by atoms with Crippen LogP contribution in [0.2, 0.25) is 5.02 Å². The predicted octanol–water partition coefficient (Wildman–Crippen LogP) is 5.82. The molecular formula is C18H15BrClN3S. The molecule has 1 aliphatic rings. The van der Waals surface area contributed by atoms with E-state index >= 15 is 0 Å². The largest absolute Gasteiger partial charge is 0.270 e. The van der Waals surface area contributed by atoms with Crippen molar-refractivity contribution >= 4 is 39.7 Å². The lowest BCUT2D eigenvalue weighted by molar-refractivity contribution is 0.281. The van der Waals surface area contributed by atoms with Crippen molar-refractivity contribution in [3.63, 3.8) is 0 Å². The molecule has 4 rings (SSSR count). The molecule has 3 aromatic rings. The van der Waals surface area contributed by atoms with Crippen molar-refractivity contribution in [2.75, 3.05) is 0 Å². The van der Waals surface area contributed by atoms with Gasteiger partial charge in [0.25, 0.3) is 0 Å². The fourth-order valence-corrected chi connectivity index (χ4v) is 4.23. The van der Waals surface area contributed by atoms with Crippen LogP contribution in [0.3, 0.4) is 0 Å². The first-order valence-corrected chi connectivity index (χ1v) is 9.39. The highest BCUT2D eigenvalue weighted by Gasteiger charge is 2.44. The lowest BCUT2D eigenvalue weighted by Gasteiger charge is -2.41. The predicted molar refractivity (Wildman–Crippen MR) is 103 cm³/mol. The van der Waals surface area contributed by atoms with Crippen molar-refractivity contribution in [1.82, 2.24) is 14.8 Å². The first-order valence-electron chi connectivity index (χ1n) is 7.81. The van der Waals surface area contributed by atoms with Crippen LogP contribution in [0.25, 0.3) is 5.69 Å². The van der Waals surface area contributed by atoms with Crippen LogP contribution in [-0.4, -0.2) is 14.8 Å². The summed E-state index contributed by atoms with van der Waals surface area (Å²) in [5, 5.41) is 8.35. The van der Waals surface area contributed by atoms with Crippen molar-refractivity contribution in [2.24, 2.45) is 0 Å². The maximum atomic E-state index is 6.07. The summed E-state index contributed by atoms with van der Waals surface area (Å²) in [6.07, 6.45) is 3.29. The van der Waals surface area contributed by atoms with Gasteiger partial charge < -0.3 is 0 Å². The molecule has 0 bridgehead atoms. The van der Waals surface area contributed by atoms with Crippen LogP contribution in [0.15, 0.2) is 53.0 Å². The molecule has 1 fully saturated rings. The smallest absolute Gasteiger partial charge is 0.199 e. The van der Waals surface area contributed by atoms with E-state index in [0.29, 0.717) is 4.77 Å². The number of aromatic nitrogens is 3. The Kier molecular flexibility index (Phi) is 4.11. The van der Waals surface area contributed by atoms with Crippen LogP contribution in [0.1, 0.15) is 30.7 Å². The van der Waals surface area contributed by atoms with E-state index in [2.05, 4.69) is 38.3 Å². The molecule has 24 heavy (non-hydrogen) atoms. The molecule has 1 saturated carbocycles. The Labute approximate surface area is 158 Å². The molecule has 2 aromatic carbocycles. The molecule has 0 aliphatic heterocycles. The van der Waals surface area contributed by atoms with Crippen molar-refractivity contribution in [2.45, 2.75) is 24.7 Å². The van der Waals surface area contributed by atoms with Gasteiger partial charge in [-0.2, -0.15) is 5.10 Å². The second-order valence-electron chi connectivity index (χ2n) is 6.08. The molecule has 122 valence electrons. The van der Waals surface area contributed by atoms with E-state index in [-0.39, 0.29) is 5.41 Å². The number of para-hydroxylation sites is 1. The highest BCUT2D eigenvalue weighted by atomic mass is 79.9. The fourth-order valence-electron chi connectivity index (χ4n) is 3.42. The van der Waals surface area contributed by atoms with Gasteiger partial charge in [0.05, 0.1) is 11.1 Å². The van der Waals surface area contributed by atoms with Crippen molar-refractivity contribution in [1.29, 1.82) is 0 Å². The number of H-pyrrole nitrogens is 1. The van der Waals surface area contributed by atoms with Crippen molar-refractivity contribution < 1.29 is 0 Å². The lowest BCUT2D eigenvalue weighted by atomic mass is 9.64. The Hall–Kier alpha value is -1.43. The van der Waals surface area contributed by atoms with Gasteiger partial charge in [-0.3, -0.25) is 9.67 Å². The van der Waals surface area contributed by atoms with Gasteiger partial charge in [0, 0.05) is 9.50 Å². The molecule has 3 nitrogen and oxygen atoms in total. The Balaban J connectivity index is 1.92. The molecular weight excluding hydrogens is 406 g/mol. The summed E-state index contributed by atoms with van der Waals surface area (Å²) in [5.41, 5.74) is 2.12. The van der Waals surface area contributed by atoms with Crippen LogP contribution in [0.4, 0.5) is 0 Å². The standard InChI is InChI=1S/C18H15BrClN3S/c19-14-4-1-2-5-15(14)23-16(21-22-17(23)24)18(10-3-11-18)12-6-8-13(20)9-7-12/h1-2,4-9H,3,10-11H2,(H,22,24). The van der Waals surface area contributed by atoms with Gasteiger partial charge in [-0.1, -0.05) is 42.3 Å². The SMILES string of the molecule is S=c1[nH]nc(C2(c3ccc(Cl)cc3)CCC2)n1-c1ccccc1Br. The lowest BCUT2D eigenvalue weighted by Crippen LogP contribution is -2.38. The number of halogens is 2. The van der Waals surface area contributed by atoms with Gasteiger partial charge in [-0.15, -0.1) is 0 Å². The Morgan fingerprint density at radius 2 is 1.83 bits per heavy atom.